The molecule has 1 saturated heterocycles. The molecule has 15 heavy (non-hydrogen) atoms. The monoisotopic (exact) mass is 212 g/mol. The molecule has 0 spiro atoms. The second-order valence-corrected chi connectivity index (χ2v) is 3.85. The topological polar surface area (TPSA) is 55.0 Å². The van der Waals surface area contributed by atoms with Crippen LogP contribution in [-0.2, 0) is 11.2 Å². The number of aromatic amines is 1. The van der Waals surface area contributed by atoms with Gasteiger partial charge in [-0.15, -0.1) is 0 Å². The lowest BCUT2D eigenvalue weighted by molar-refractivity contribution is 0.185. The summed E-state index contributed by atoms with van der Waals surface area (Å²) in [7, 11) is 0. The molecular weight excluding hydrogens is 199 g/mol. The van der Waals surface area contributed by atoms with Crippen molar-refractivity contribution in [2.75, 3.05) is 13.2 Å². The van der Waals surface area contributed by atoms with Crippen molar-refractivity contribution in [3.8, 4) is 0 Å². The molecule has 0 saturated carbocycles. The van der Waals surface area contributed by atoms with Gasteiger partial charge in [0.25, 0.3) is 5.56 Å². The number of rotatable bonds is 2. The first kappa shape index (κ1) is 10.3. The highest BCUT2D eigenvalue weighted by Crippen LogP contribution is 2.15. The van der Waals surface area contributed by atoms with Crippen molar-refractivity contribution >= 4 is 0 Å². The van der Waals surface area contributed by atoms with Gasteiger partial charge >= 0.3 is 0 Å². The van der Waals surface area contributed by atoms with E-state index in [-0.39, 0.29) is 5.69 Å². The van der Waals surface area contributed by atoms with Crippen LogP contribution in [0.2, 0.25) is 0 Å². The number of hydrogen-bond acceptors (Lipinski definition) is 3. The third kappa shape index (κ3) is 2.23. The van der Waals surface area contributed by atoms with Crippen LogP contribution in [-0.4, -0.2) is 23.2 Å². The minimum absolute atomic E-state index is 0.160. The molecule has 1 aliphatic heterocycles. The fourth-order valence-corrected chi connectivity index (χ4v) is 1.74. The largest absolute Gasteiger partial charge is 0.381 e. The normalized spacial score (nSPS) is 20.8. The lowest BCUT2D eigenvalue weighted by Crippen LogP contribution is -2.19. The molecule has 0 aliphatic carbocycles. The zero-order chi connectivity index (χ0) is 10.8. The number of ether oxygens (including phenoxy) is 1. The molecule has 0 bridgehead atoms. The van der Waals surface area contributed by atoms with E-state index in [2.05, 4.69) is 9.97 Å². The molecule has 5 heteroatoms. The maximum atomic E-state index is 13.0. The van der Waals surface area contributed by atoms with E-state index in [0.29, 0.717) is 24.8 Å². The van der Waals surface area contributed by atoms with Crippen molar-refractivity contribution in [2.24, 2.45) is 5.92 Å². The van der Waals surface area contributed by atoms with Gasteiger partial charge in [0.1, 0.15) is 5.82 Å². The summed E-state index contributed by atoms with van der Waals surface area (Å²) in [4.78, 5) is 17.6. The fourth-order valence-electron chi connectivity index (χ4n) is 1.74. The van der Waals surface area contributed by atoms with E-state index in [1.165, 1.54) is 6.92 Å². The summed E-state index contributed by atoms with van der Waals surface area (Å²) in [6.45, 7) is 2.95. The molecule has 0 amide bonds. The molecule has 0 radical (unpaired) electrons. The second kappa shape index (κ2) is 4.10. The zero-order valence-corrected chi connectivity index (χ0v) is 8.55. The van der Waals surface area contributed by atoms with Gasteiger partial charge in [-0.3, -0.25) is 4.79 Å². The van der Waals surface area contributed by atoms with Crippen LogP contribution in [0.4, 0.5) is 4.39 Å². The van der Waals surface area contributed by atoms with Gasteiger partial charge in [-0.05, 0) is 19.3 Å². The zero-order valence-electron chi connectivity index (χ0n) is 8.55. The number of nitrogens with one attached hydrogen (secondary N) is 1. The van der Waals surface area contributed by atoms with Crippen LogP contribution in [0, 0.1) is 18.7 Å². The first-order chi connectivity index (χ1) is 7.16. The Balaban J connectivity index is 2.18. The van der Waals surface area contributed by atoms with Crippen LogP contribution < -0.4 is 5.56 Å². The number of H-pyrrole nitrogens is 1. The summed E-state index contributed by atoms with van der Waals surface area (Å²) >= 11 is 0. The number of halogens is 1. The fraction of sp³-hybridized carbons (Fsp3) is 0.600. The third-order valence-electron chi connectivity index (χ3n) is 2.58. The van der Waals surface area contributed by atoms with Crippen molar-refractivity contribution in [1.29, 1.82) is 0 Å². The quantitative estimate of drug-likeness (QED) is 0.788. The average Bonchev–Trinajstić information content (AvgIpc) is 2.66. The Hall–Kier alpha value is -1.23. The van der Waals surface area contributed by atoms with Crippen molar-refractivity contribution in [3.05, 3.63) is 27.7 Å². The van der Waals surface area contributed by atoms with Crippen LogP contribution in [0.3, 0.4) is 0 Å². The second-order valence-electron chi connectivity index (χ2n) is 3.85. The van der Waals surface area contributed by atoms with Crippen molar-refractivity contribution in [3.63, 3.8) is 0 Å². The maximum Gasteiger partial charge on any atom is 0.287 e. The van der Waals surface area contributed by atoms with E-state index in [9.17, 15) is 9.18 Å². The van der Waals surface area contributed by atoms with Gasteiger partial charge in [0.2, 0.25) is 5.82 Å². The molecule has 4 nitrogen and oxygen atoms in total. The Labute approximate surface area is 86.5 Å². The SMILES string of the molecule is Cc1nc(CC2CCOC2)[nH]c(=O)c1F. The number of nitrogens with zero attached hydrogens (tertiary/aromatic N) is 1. The molecule has 1 atom stereocenters. The molecular formula is C10H13FN2O2. The minimum Gasteiger partial charge on any atom is -0.381 e. The Bertz CT molecular complexity index is 410. The Morgan fingerprint density at radius 2 is 2.47 bits per heavy atom. The summed E-state index contributed by atoms with van der Waals surface area (Å²) in [5.74, 6) is 0.147. The maximum absolute atomic E-state index is 13.0. The molecule has 2 rings (SSSR count). The van der Waals surface area contributed by atoms with Crippen LogP contribution in [0.5, 0.6) is 0 Å². The summed E-state index contributed by atoms with van der Waals surface area (Å²) in [5.41, 5.74) is -0.524. The summed E-state index contributed by atoms with van der Waals surface area (Å²) in [6.07, 6.45) is 1.62. The van der Waals surface area contributed by atoms with Gasteiger partial charge in [-0.25, -0.2) is 4.98 Å². The predicted molar refractivity (Wildman–Crippen MR) is 52.2 cm³/mol. The molecule has 1 N–H and O–H groups in total. The van der Waals surface area contributed by atoms with E-state index in [4.69, 9.17) is 4.74 Å². The van der Waals surface area contributed by atoms with E-state index in [1.54, 1.807) is 0 Å². The molecule has 82 valence electrons. The van der Waals surface area contributed by atoms with Crippen LogP contribution >= 0.6 is 0 Å². The molecule has 1 unspecified atom stereocenters. The van der Waals surface area contributed by atoms with Gasteiger partial charge in [0, 0.05) is 19.6 Å². The molecule has 2 heterocycles. The predicted octanol–water partition coefficient (Wildman–Crippen LogP) is 0.796. The summed E-state index contributed by atoms with van der Waals surface area (Å²) < 4.78 is 18.2. The van der Waals surface area contributed by atoms with E-state index in [1.807, 2.05) is 0 Å². The molecule has 1 aromatic rings. The minimum atomic E-state index is -0.790. The first-order valence-corrected chi connectivity index (χ1v) is 5.00. The van der Waals surface area contributed by atoms with Crippen LogP contribution in [0.15, 0.2) is 4.79 Å². The third-order valence-corrected chi connectivity index (χ3v) is 2.58. The molecule has 1 aromatic heterocycles. The summed E-state index contributed by atoms with van der Waals surface area (Å²) in [6, 6.07) is 0. The molecule has 1 fully saturated rings. The molecule has 0 aromatic carbocycles. The van der Waals surface area contributed by atoms with Crippen LogP contribution in [0.25, 0.3) is 0 Å². The number of aromatic nitrogens is 2. The number of aryl methyl sites for hydroxylation is 1. The standard InChI is InChI=1S/C10H13FN2O2/c1-6-9(11)10(14)13-8(12-6)4-7-2-3-15-5-7/h7H,2-5H2,1H3,(H,12,13,14). The van der Waals surface area contributed by atoms with Gasteiger partial charge in [-0.1, -0.05) is 0 Å². The van der Waals surface area contributed by atoms with E-state index in [0.717, 1.165) is 13.0 Å². The van der Waals surface area contributed by atoms with Crippen LogP contribution in [0.1, 0.15) is 17.9 Å². The number of hydrogen-bond donors (Lipinski definition) is 1. The summed E-state index contributed by atoms with van der Waals surface area (Å²) in [5, 5.41) is 0. The first-order valence-electron chi connectivity index (χ1n) is 5.00. The molecule has 1 aliphatic rings. The van der Waals surface area contributed by atoms with Gasteiger partial charge in [-0.2, -0.15) is 4.39 Å². The van der Waals surface area contributed by atoms with Gasteiger partial charge in [0.15, 0.2) is 0 Å². The van der Waals surface area contributed by atoms with Crippen molar-refractivity contribution < 1.29 is 9.13 Å². The lowest BCUT2D eigenvalue weighted by Gasteiger charge is -2.06. The van der Waals surface area contributed by atoms with Gasteiger partial charge < -0.3 is 9.72 Å². The van der Waals surface area contributed by atoms with Crippen molar-refractivity contribution in [1.82, 2.24) is 9.97 Å². The van der Waals surface area contributed by atoms with E-state index >= 15 is 0 Å². The Kier molecular flexibility index (Phi) is 2.81. The lowest BCUT2D eigenvalue weighted by atomic mass is 10.0. The average molecular weight is 212 g/mol. The highest BCUT2D eigenvalue weighted by Gasteiger charge is 2.18. The van der Waals surface area contributed by atoms with E-state index < -0.39 is 11.4 Å². The van der Waals surface area contributed by atoms with Crippen molar-refractivity contribution in [2.45, 2.75) is 19.8 Å². The Morgan fingerprint density at radius 3 is 3.07 bits per heavy atom. The van der Waals surface area contributed by atoms with Gasteiger partial charge in [0.05, 0.1) is 5.69 Å². The highest BCUT2D eigenvalue weighted by molar-refractivity contribution is 5.04. The Morgan fingerprint density at radius 1 is 1.67 bits per heavy atom. The highest BCUT2D eigenvalue weighted by atomic mass is 19.1. The smallest absolute Gasteiger partial charge is 0.287 e.